The van der Waals surface area contributed by atoms with E-state index in [1.165, 1.54) is 10.6 Å². The number of fused-ring (bicyclic) bond motifs is 1. The highest BCUT2D eigenvalue weighted by atomic mass is 19.1. The second-order valence-electron chi connectivity index (χ2n) is 7.68. The zero-order chi connectivity index (χ0) is 22.2. The summed E-state index contributed by atoms with van der Waals surface area (Å²) in [5.74, 6) is -0.299. The zero-order valence-corrected chi connectivity index (χ0v) is 17.1. The van der Waals surface area contributed by atoms with E-state index in [-0.39, 0.29) is 23.7 Å². The molecule has 32 heavy (non-hydrogen) atoms. The van der Waals surface area contributed by atoms with Gasteiger partial charge in [-0.2, -0.15) is 15.3 Å². The fourth-order valence-electron chi connectivity index (χ4n) is 3.94. The van der Waals surface area contributed by atoms with Gasteiger partial charge in [-0.05, 0) is 42.7 Å². The molecule has 0 radical (unpaired) electrons. The highest BCUT2D eigenvalue weighted by molar-refractivity contribution is 5.92. The first-order valence-electron chi connectivity index (χ1n) is 10.1. The van der Waals surface area contributed by atoms with Gasteiger partial charge in [0, 0.05) is 35.7 Å². The van der Waals surface area contributed by atoms with Gasteiger partial charge < -0.3 is 10.1 Å². The Balaban J connectivity index is 1.68. The van der Waals surface area contributed by atoms with Crippen molar-refractivity contribution in [2.45, 2.75) is 25.6 Å². The van der Waals surface area contributed by atoms with E-state index in [1.807, 2.05) is 6.07 Å². The van der Waals surface area contributed by atoms with Gasteiger partial charge >= 0.3 is 0 Å². The van der Waals surface area contributed by atoms with E-state index in [2.05, 4.69) is 25.6 Å². The topological polar surface area (TPSA) is 104 Å². The SMILES string of the molecule is Cc1cc(-c2c(-c3cn[nH]c3)ccn3nc(N[C@H]4CCOC[C@H]4F)nc23)c(F)cc1C#N. The maximum atomic E-state index is 15.2. The lowest BCUT2D eigenvalue weighted by Crippen LogP contribution is -2.39. The maximum absolute atomic E-state index is 15.2. The van der Waals surface area contributed by atoms with Crippen LogP contribution in [0.1, 0.15) is 17.5 Å². The van der Waals surface area contributed by atoms with Gasteiger partial charge in [0.25, 0.3) is 0 Å². The number of nitriles is 1. The summed E-state index contributed by atoms with van der Waals surface area (Å²) in [6.45, 7) is 2.23. The molecule has 1 aliphatic rings. The summed E-state index contributed by atoms with van der Waals surface area (Å²) in [4.78, 5) is 4.57. The Labute approximate surface area is 181 Å². The lowest BCUT2D eigenvalue weighted by molar-refractivity contribution is 0.0284. The van der Waals surface area contributed by atoms with Crippen molar-refractivity contribution in [3.8, 4) is 28.3 Å². The number of H-pyrrole nitrogens is 1. The number of hydrogen-bond donors (Lipinski definition) is 2. The first kappa shape index (κ1) is 20.1. The van der Waals surface area contributed by atoms with Crippen molar-refractivity contribution in [2.75, 3.05) is 18.5 Å². The van der Waals surface area contributed by atoms with Crippen molar-refractivity contribution in [3.63, 3.8) is 0 Å². The van der Waals surface area contributed by atoms with Crippen molar-refractivity contribution in [1.82, 2.24) is 24.8 Å². The number of benzene rings is 1. The molecule has 1 saturated heterocycles. The van der Waals surface area contributed by atoms with E-state index < -0.39 is 18.0 Å². The Kier molecular flexibility index (Phi) is 5.03. The minimum absolute atomic E-state index is 0.0245. The predicted octanol–water partition coefficient (Wildman–Crippen LogP) is 3.64. The Hall–Kier alpha value is -3.84. The molecule has 10 heteroatoms. The molecule has 1 aliphatic heterocycles. The number of aromatic nitrogens is 5. The second kappa shape index (κ2) is 8.01. The van der Waals surface area contributed by atoms with Gasteiger partial charge in [0.2, 0.25) is 5.95 Å². The fraction of sp³-hybridized carbons (Fsp3) is 0.273. The summed E-state index contributed by atoms with van der Waals surface area (Å²) in [6, 6.07) is 6.19. The minimum Gasteiger partial charge on any atom is -0.378 e. The number of ether oxygens (including phenoxy) is 1. The van der Waals surface area contributed by atoms with Crippen LogP contribution < -0.4 is 5.32 Å². The number of nitrogens with zero attached hydrogens (tertiary/aromatic N) is 5. The van der Waals surface area contributed by atoms with Gasteiger partial charge in [-0.1, -0.05) is 0 Å². The molecule has 0 amide bonds. The van der Waals surface area contributed by atoms with Gasteiger partial charge in [-0.15, -0.1) is 5.10 Å². The quantitative estimate of drug-likeness (QED) is 0.507. The fourth-order valence-corrected chi connectivity index (χ4v) is 3.94. The number of hydrogen-bond acceptors (Lipinski definition) is 6. The average Bonchev–Trinajstić information content (AvgIpc) is 3.46. The summed E-state index contributed by atoms with van der Waals surface area (Å²) in [5.41, 5.74) is 3.54. The summed E-state index contributed by atoms with van der Waals surface area (Å²) >= 11 is 0. The van der Waals surface area contributed by atoms with E-state index in [4.69, 9.17) is 4.74 Å². The molecule has 0 bridgehead atoms. The molecule has 3 aromatic heterocycles. The first-order valence-corrected chi connectivity index (χ1v) is 10.1. The molecular formula is C22H19F2N7O. The van der Waals surface area contributed by atoms with Crippen LogP contribution in [-0.4, -0.2) is 50.2 Å². The van der Waals surface area contributed by atoms with Crippen LogP contribution >= 0.6 is 0 Å². The highest BCUT2D eigenvalue weighted by Crippen LogP contribution is 2.37. The van der Waals surface area contributed by atoms with Crippen molar-refractivity contribution in [2.24, 2.45) is 0 Å². The lowest BCUT2D eigenvalue weighted by atomic mass is 9.94. The first-order chi connectivity index (χ1) is 15.5. The molecule has 2 N–H and O–H groups in total. The van der Waals surface area contributed by atoms with Crippen LogP contribution in [0.15, 0.2) is 36.8 Å². The number of nitrogens with one attached hydrogen (secondary N) is 2. The third-order valence-electron chi connectivity index (χ3n) is 5.62. The summed E-state index contributed by atoms with van der Waals surface area (Å²) < 4.78 is 36.1. The number of aryl methyl sites for hydroxylation is 1. The standard InChI is InChI=1S/C22H19F2N7O/c1-12-6-16(17(23)7-13(12)8-25)20-15(14-9-26-27-10-14)2-4-31-21(20)29-22(30-31)28-19-3-5-32-11-18(19)24/h2,4,6-7,9-10,18-19H,3,5,11H2,1H3,(H,26,27)(H,28,30)/t18-,19+/m1/s1. The number of alkyl halides is 1. The summed E-state index contributed by atoms with van der Waals surface area (Å²) in [5, 5.41) is 23.5. The van der Waals surface area contributed by atoms with Crippen molar-refractivity contribution < 1.29 is 13.5 Å². The van der Waals surface area contributed by atoms with Gasteiger partial charge in [0.05, 0.1) is 30.5 Å². The summed E-state index contributed by atoms with van der Waals surface area (Å²) in [7, 11) is 0. The molecule has 0 saturated carbocycles. The van der Waals surface area contributed by atoms with Gasteiger partial charge in [0.15, 0.2) is 5.65 Å². The van der Waals surface area contributed by atoms with Crippen LogP contribution in [0.3, 0.4) is 0 Å². The van der Waals surface area contributed by atoms with Gasteiger partial charge in [-0.3, -0.25) is 5.10 Å². The summed E-state index contributed by atoms with van der Waals surface area (Å²) in [6.07, 6.45) is 4.37. The zero-order valence-electron chi connectivity index (χ0n) is 17.1. The van der Waals surface area contributed by atoms with Crippen LogP contribution in [0, 0.1) is 24.1 Å². The lowest BCUT2D eigenvalue weighted by Gasteiger charge is -2.26. The molecule has 5 rings (SSSR count). The number of anilines is 1. The van der Waals surface area contributed by atoms with E-state index in [0.29, 0.717) is 35.4 Å². The van der Waals surface area contributed by atoms with E-state index >= 15 is 4.39 Å². The smallest absolute Gasteiger partial charge is 0.243 e. The van der Waals surface area contributed by atoms with Crippen molar-refractivity contribution in [3.05, 3.63) is 53.7 Å². The molecule has 2 atom stereocenters. The Bertz CT molecular complexity index is 1330. The van der Waals surface area contributed by atoms with Crippen LogP contribution in [0.25, 0.3) is 27.9 Å². The number of rotatable bonds is 4. The molecule has 4 heterocycles. The molecule has 0 spiro atoms. The average molecular weight is 435 g/mol. The van der Waals surface area contributed by atoms with Crippen LogP contribution in [0.2, 0.25) is 0 Å². The molecule has 1 fully saturated rings. The van der Waals surface area contributed by atoms with E-state index in [0.717, 1.165) is 5.56 Å². The third-order valence-corrected chi connectivity index (χ3v) is 5.62. The highest BCUT2D eigenvalue weighted by Gasteiger charge is 2.27. The third kappa shape index (κ3) is 3.46. The molecule has 0 aliphatic carbocycles. The van der Waals surface area contributed by atoms with Crippen LogP contribution in [0.4, 0.5) is 14.7 Å². The van der Waals surface area contributed by atoms with Crippen molar-refractivity contribution >= 4 is 11.6 Å². The largest absolute Gasteiger partial charge is 0.378 e. The van der Waals surface area contributed by atoms with Gasteiger partial charge in [-0.25, -0.2) is 13.3 Å². The number of pyridine rings is 1. The Morgan fingerprint density at radius 1 is 1.34 bits per heavy atom. The Morgan fingerprint density at radius 2 is 2.22 bits per heavy atom. The van der Waals surface area contributed by atoms with Gasteiger partial charge in [0.1, 0.15) is 12.0 Å². The van der Waals surface area contributed by atoms with Crippen molar-refractivity contribution in [1.29, 1.82) is 5.26 Å². The number of aromatic amines is 1. The van der Waals surface area contributed by atoms with E-state index in [1.54, 1.807) is 37.6 Å². The molecule has 4 aromatic rings. The molecule has 1 aromatic carbocycles. The maximum Gasteiger partial charge on any atom is 0.243 e. The Morgan fingerprint density at radius 3 is 2.97 bits per heavy atom. The minimum atomic E-state index is -1.17. The second-order valence-corrected chi connectivity index (χ2v) is 7.68. The monoisotopic (exact) mass is 435 g/mol. The predicted molar refractivity (Wildman–Crippen MR) is 113 cm³/mol. The van der Waals surface area contributed by atoms with Crippen LogP contribution in [-0.2, 0) is 4.74 Å². The molecule has 0 unspecified atom stereocenters. The normalized spacial score (nSPS) is 18.6. The molecular weight excluding hydrogens is 416 g/mol. The van der Waals surface area contributed by atoms with Crippen LogP contribution in [0.5, 0.6) is 0 Å². The van der Waals surface area contributed by atoms with E-state index in [9.17, 15) is 9.65 Å². The molecule has 8 nitrogen and oxygen atoms in total. The molecule has 162 valence electrons. The number of halogens is 2.